The van der Waals surface area contributed by atoms with E-state index < -0.39 is 0 Å². The third-order valence-corrected chi connectivity index (χ3v) is 3.39. The van der Waals surface area contributed by atoms with Gasteiger partial charge in [0, 0.05) is 12.6 Å². The van der Waals surface area contributed by atoms with Crippen LogP contribution in [0.3, 0.4) is 0 Å². The van der Waals surface area contributed by atoms with Crippen LogP contribution in [0.2, 0.25) is 10.0 Å². The van der Waals surface area contributed by atoms with Crippen LogP contribution in [0, 0.1) is 5.41 Å². The molecule has 1 N–H and O–H groups in total. The van der Waals surface area contributed by atoms with Crippen LogP contribution in [0.25, 0.3) is 0 Å². The summed E-state index contributed by atoms with van der Waals surface area (Å²) in [5.74, 6) is 0. The molecule has 0 radical (unpaired) electrons. The second-order valence-electron chi connectivity index (χ2n) is 5.63. The van der Waals surface area contributed by atoms with Crippen molar-refractivity contribution >= 4 is 23.2 Å². The molecule has 0 saturated carbocycles. The molecule has 0 aliphatic rings. The summed E-state index contributed by atoms with van der Waals surface area (Å²) in [4.78, 5) is 0. The van der Waals surface area contributed by atoms with Gasteiger partial charge in [0.1, 0.15) is 0 Å². The van der Waals surface area contributed by atoms with Gasteiger partial charge in [0.15, 0.2) is 0 Å². The van der Waals surface area contributed by atoms with E-state index in [4.69, 9.17) is 23.2 Å². The number of hydrogen-bond donors (Lipinski definition) is 1. The van der Waals surface area contributed by atoms with Crippen molar-refractivity contribution in [2.45, 2.75) is 40.2 Å². The van der Waals surface area contributed by atoms with Gasteiger partial charge in [-0.05, 0) is 29.5 Å². The lowest BCUT2D eigenvalue weighted by atomic mass is 9.85. The first kappa shape index (κ1) is 14.8. The maximum atomic E-state index is 6.02. The van der Waals surface area contributed by atoms with Gasteiger partial charge < -0.3 is 5.32 Å². The van der Waals surface area contributed by atoms with Crippen LogP contribution in [-0.2, 0) is 6.42 Å². The maximum Gasteiger partial charge on any atom is 0.0595 e. The first-order valence-electron chi connectivity index (χ1n) is 5.97. The van der Waals surface area contributed by atoms with Gasteiger partial charge in [-0.25, -0.2) is 0 Å². The van der Waals surface area contributed by atoms with Gasteiger partial charge >= 0.3 is 0 Å². The molecule has 0 aliphatic carbocycles. The molecule has 0 aromatic heterocycles. The summed E-state index contributed by atoms with van der Waals surface area (Å²) in [5.41, 5.74) is 1.44. The predicted molar refractivity (Wildman–Crippen MR) is 77.1 cm³/mol. The molecule has 0 fully saturated rings. The van der Waals surface area contributed by atoms with Crippen molar-refractivity contribution in [3.8, 4) is 0 Å². The van der Waals surface area contributed by atoms with E-state index in [2.05, 4.69) is 33.0 Å². The lowest BCUT2D eigenvalue weighted by Gasteiger charge is -2.26. The van der Waals surface area contributed by atoms with Crippen molar-refractivity contribution in [1.82, 2.24) is 5.32 Å². The minimum Gasteiger partial charge on any atom is -0.314 e. The Labute approximate surface area is 115 Å². The van der Waals surface area contributed by atoms with E-state index in [-0.39, 0.29) is 5.41 Å². The second kappa shape index (κ2) is 6.08. The predicted octanol–water partition coefficient (Wildman–Crippen LogP) is 4.56. The SMILES string of the molecule is CC(C)NCC(C)(C)Cc1ccc(Cl)c(Cl)c1. The molecular weight excluding hydrogens is 253 g/mol. The number of rotatable bonds is 5. The number of nitrogens with one attached hydrogen (secondary N) is 1. The van der Waals surface area contributed by atoms with E-state index in [0.29, 0.717) is 16.1 Å². The van der Waals surface area contributed by atoms with Gasteiger partial charge in [0.05, 0.1) is 10.0 Å². The molecule has 1 nitrogen and oxygen atoms in total. The molecule has 0 spiro atoms. The number of halogens is 2. The van der Waals surface area contributed by atoms with Crippen LogP contribution in [0.15, 0.2) is 18.2 Å². The van der Waals surface area contributed by atoms with Gasteiger partial charge in [-0.15, -0.1) is 0 Å². The van der Waals surface area contributed by atoms with Crippen molar-refractivity contribution in [2.75, 3.05) is 6.54 Å². The zero-order chi connectivity index (χ0) is 13.1. The highest BCUT2D eigenvalue weighted by Crippen LogP contribution is 2.27. The monoisotopic (exact) mass is 273 g/mol. The molecule has 1 rings (SSSR count). The van der Waals surface area contributed by atoms with Gasteiger partial charge in [-0.1, -0.05) is 57.0 Å². The van der Waals surface area contributed by atoms with Crippen LogP contribution in [-0.4, -0.2) is 12.6 Å². The molecule has 0 bridgehead atoms. The summed E-state index contributed by atoms with van der Waals surface area (Å²) >= 11 is 11.9. The Bertz CT molecular complexity index is 372. The normalized spacial score (nSPS) is 12.2. The van der Waals surface area contributed by atoms with Crippen LogP contribution < -0.4 is 5.32 Å². The van der Waals surface area contributed by atoms with Crippen LogP contribution in [0.1, 0.15) is 33.3 Å². The summed E-state index contributed by atoms with van der Waals surface area (Å²) in [6.45, 7) is 9.82. The van der Waals surface area contributed by atoms with Crippen LogP contribution in [0.5, 0.6) is 0 Å². The van der Waals surface area contributed by atoms with E-state index in [1.165, 1.54) is 5.56 Å². The standard InChI is InChI=1S/C14H21Cl2N/c1-10(2)17-9-14(3,4)8-11-5-6-12(15)13(16)7-11/h5-7,10,17H,8-9H2,1-4H3. The lowest BCUT2D eigenvalue weighted by Crippen LogP contribution is -2.35. The van der Waals surface area contributed by atoms with E-state index in [1.807, 2.05) is 18.2 Å². The summed E-state index contributed by atoms with van der Waals surface area (Å²) in [6.07, 6.45) is 0.990. The minimum atomic E-state index is 0.210. The molecule has 1 aromatic rings. The fourth-order valence-electron chi connectivity index (χ4n) is 1.75. The van der Waals surface area contributed by atoms with E-state index >= 15 is 0 Å². The summed E-state index contributed by atoms with van der Waals surface area (Å²) in [5, 5.41) is 4.73. The molecule has 0 aliphatic heterocycles. The first-order chi connectivity index (χ1) is 7.80. The molecule has 96 valence electrons. The van der Waals surface area contributed by atoms with Crippen molar-refractivity contribution < 1.29 is 0 Å². The number of benzene rings is 1. The molecule has 1 aromatic carbocycles. The van der Waals surface area contributed by atoms with Gasteiger partial charge in [0.25, 0.3) is 0 Å². The maximum absolute atomic E-state index is 6.02. The summed E-state index contributed by atoms with van der Waals surface area (Å²) < 4.78 is 0. The van der Waals surface area contributed by atoms with Crippen molar-refractivity contribution in [1.29, 1.82) is 0 Å². The van der Waals surface area contributed by atoms with E-state index in [9.17, 15) is 0 Å². The zero-order valence-corrected chi connectivity index (χ0v) is 12.5. The van der Waals surface area contributed by atoms with E-state index in [0.717, 1.165) is 13.0 Å². The highest BCUT2D eigenvalue weighted by atomic mass is 35.5. The molecular formula is C14H21Cl2N. The molecule has 0 saturated heterocycles. The third kappa shape index (κ3) is 5.29. The Balaban J connectivity index is 2.65. The summed E-state index contributed by atoms with van der Waals surface area (Å²) in [6, 6.07) is 6.39. The van der Waals surface area contributed by atoms with Gasteiger partial charge in [0.2, 0.25) is 0 Å². The molecule has 0 amide bonds. The van der Waals surface area contributed by atoms with Gasteiger partial charge in [-0.2, -0.15) is 0 Å². The average Bonchev–Trinajstić information content (AvgIpc) is 2.21. The number of hydrogen-bond acceptors (Lipinski definition) is 1. The summed E-state index contributed by atoms with van der Waals surface area (Å²) in [7, 11) is 0. The highest BCUT2D eigenvalue weighted by Gasteiger charge is 2.19. The second-order valence-corrected chi connectivity index (χ2v) is 6.44. The average molecular weight is 274 g/mol. The Morgan fingerprint density at radius 1 is 1.18 bits per heavy atom. The highest BCUT2D eigenvalue weighted by molar-refractivity contribution is 6.42. The molecule has 0 atom stereocenters. The zero-order valence-electron chi connectivity index (χ0n) is 11.0. The topological polar surface area (TPSA) is 12.0 Å². The fourth-order valence-corrected chi connectivity index (χ4v) is 2.07. The molecule has 0 unspecified atom stereocenters. The largest absolute Gasteiger partial charge is 0.314 e. The Morgan fingerprint density at radius 3 is 2.35 bits per heavy atom. The third-order valence-electron chi connectivity index (χ3n) is 2.66. The lowest BCUT2D eigenvalue weighted by molar-refractivity contribution is 0.326. The Morgan fingerprint density at radius 2 is 1.82 bits per heavy atom. The fraction of sp³-hybridized carbons (Fsp3) is 0.571. The van der Waals surface area contributed by atoms with Crippen LogP contribution in [0.4, 0.5) is 0 Å². The molecule has 0 heterocycles. The first-order valence-corrected chi connectivity index (χ1v) is 6.73. The molecule has 3 heteroatoms. The van der Waals surface area contributed by atoms with Gasteiger partial charge in [-0.3, -0.25) is 0 Å². The quantitative estimate of drug-likeness (QED) is 0.830. The van der Waals surface area contributed by atoms with Crippen molar-refractivity contribution in [3.05, 3.63) is 33.8 Å². The van der Waals surface area contributed by atoms with Crippen molar-refractivity contribution in [2.24, 2.45) is 5.41 Å². The smallest absolute Gasteiger partial charge is 0.0595 e. The Kier molecular flexibility index (Phi) is 5.30. The molecule has 17 heavy (non-hydrogen) atoms. The van der Waals surface area contributed by atoms with Crippen LogP contribution >= 0.6 is 23.2 Å². The van der Waals surface area contributed by atoms with E-state index in [1.54, 1.807) is 0 Å². The minimum absolute atomic E-state index is 0.210. The Hall–Kier alpha value is -0.240. The van der Waals surface area contributed by atoms with Crippen molar-refractivity contribution in [3.63, 3.8) is 0 Å².